The molecule has 0 radical (unpaired) electrons. The molecule has 1 fully saturated rings. The lowest BCUT2D eigenvalue weighted by Gasteiger charge is -2.40. The van der Waals surface area contributed by atoms with E-state index in [9.17, 15) is 9.59 Å². The second-order valence-corrected chi connectivity index (χ2v) is 10.9. The van der Waals surface area contributed by atoms with Gasteiger partial charge in [0.1, 0.15) is 0 Å². The second-order valence-electron chi connectivity index (χ2n) is 10.9. The molecular weight excluding hydrogens is 476 g/mol. The third kappa shape index (κ3) is 5.85. The van der Waals surface area contributed by atoms with Gasteiger partial charge in [-0.15, -0.1) is 0 Å². The molecule has 0 atom stereocenters. The number of hydrogen-bond donors (Lipinski definition) is 2. The molecule has 8 nitrogen and oxygen atoms in total. The number of carbonyl (C=O) groups is 1. The molecule has 1 aliphatic carbocycles. The van der Waals surface area contributed by atoms with E-state index in [4.69, 9.17) is 0 Å². The molecule has 1 aromatic carbocycles. The van der Waals surface area contributed by atoms with E-state index in [2.05, 4.69) is 52.3 Å². The van der Waals surface area contributed by atoms with Crippen LogP contribution in [0.4, 0.5) is 5.69 Å². The molecule has 4 rings (SSSR count). The van der Waals surface area contributed by atoms with Crippen molar-refractivity contribution >= 4 is 11.6 Å². The van der Waals surface area contributed by atoms with Gasteiger partial charge < -0.3 is 20.1 Å². The highest BCUT2D eigenvalue weighted by atomic mass is 16.1. The van der Waals surface area contributed by atoms with Crippen molar-refractivity contribution in [3.8, 4) is 11.3 Å². The van der Waals surface area contributed by atoms with Crippen LogP contribution in [-0.4, -0.2) is 58.3 Å². The number of nitrogens with zero attached hydrogens (tertiary/aromatic N) is 4. The first-order chi connectivity index (χ1) is 18.1. The quantitative estimate of drug-likeness (QED) is 0.464. The fourth-order valence-corrected chi connectivity index (χ4v) is 5.83. The molecule has 0 saturated heterocycles. The molecule has 0 bridgehead atoms. The van der Waals surface area contributed by atoms with Crippen molar-refractivity contribution in [2.45, 2.75) is 72.0 Å². The van der Waals surface area contributed by atoms with Crippen molar-refractivity contribution in [3.63, 3.8) is 0 Å². The number of aromatic amines is 1. The lowest BCUT2D eigenvalue weighted by molar-refractivity contribution is 0.0950. The van der Waals surface area contributed by atoms with Crippen LogP contribution in [-0.2, 0) is 13.6 Å². The molecular formula is C30H42N6O2. The fourth-order valence-electron chi connectivity index (χ4n) is 5.83. The maximum atomic E-state index is 13.6. The summed E-state index contributed by atoms with van der Waals surface area (Å²) in [7, 11) is 6.23. The van der Waals surface area contributed by atoms with E-state index in [1.165, 1.54) is 12.8 Å². The third-order valence-electron chi connectivity index (χ3n) is 8.04. The van der Waals surface area contributed by atoms with Gasteiger partial charge in [-0.05, 0) is 103 Å². The number of anilines is 1. The van der Waals surface area contributed by atoms with Gasteiger partial charge in [0.25, 0.3) is 11.5 Å². The Morgan fingerprint density at radius 3 is 2.37 bits per heavy atom. The summed E-state index contributed by atoms with van der Waals surface area (Å²) in [6, 6.07) is 9.07. The summed E-state index contributed by atoms with van der Waals surface area (Å²) in [5.41, 5.74) is 6.50. The molecule has 2 heterocycles. The highest BCUT2D eigenvalue weighted by Crippen LogP contribution is 2.35. The molecule has 8 heteroatoms. The minimum absolute atomic E-state index is 0.159. The third-order valence-corrected chi connectivity index (χ3v) is 8.04. The van der Waals surface area contributed by atoms with Crippen molar-refractivity contribution in [2.24, 2.45) is 7.05 Å². The largest absolute Gasteiger partial charge is 0.369 e. The van der Waals surface area contributed by atoms with Crippen LogP contribution in [0.5, 0.6) is 0 Å². The summed E-state index contributed by atoms with van der Waals surface area (Å²) in [5, 5.41) is 7.63. The first kappa shape index (κ1) is 27.6. The maximum absolute atomic E-state index is 13.6. The molecule has 1 saturated carbocycles. The van der Waals surface area contributed by atoms with Crippen LogP contribution in [0.15, 0.2) is 35.3 Å². The molecule has 38 heavy (non-hydrogen) atoms. The van der Waals surface area contributed by atoms with Gasteiger partial charge in [0.05, 0.1) is 5.69 Å². The summed E-state index contributed by atoms with van der Waals surface area (Å²) in [5.74, 6) is -0.187. The molecule has 1 aliphatic rings. The lowest BCUT2D eigenvalue weighted by atomic mass is 9.88. The SMILES string of the molecule is CCN(c1cc(-c2ccn(C)n2)cc(C(=O)NCc2c(C)cc(C)[nH]c2=O)c1C)[C@H]1CC[C@H](N(C)C)CC1. The second kappa shape index (κ2) is 11.6. The smallest absolute Gasteiger partial charge is 0.253 e. The lowest BCUT2D eigenvalue weighted by Crippen LogP contribution is -2.42. The normalized spacial score (nSPS) is 17.6. The number of amides is 1. The number of aromatic nitrogens is 3. The Hall–Kier alpha value is -3.39. The highest BCUT2D eigenvalue weighted by molar-refractivity contribution is 5.98. The molecule has 0 aliphatic heterocycles. The number of benzene rings is 1. The van der Waals surface area contributed by atoms with Gasteiger partial charge >= 0.3 is 0 Å². The molecule has 204 valence electrons. The van der Waals surface area contributed by atoms with E-state index < -0.39 is 0 Å². The monoisotopic (exact) mass is 518 g/mol. The van der Waals surface area contributed by atoms with Gasteiger partial charge in [-0.2, -0.15) is 5.10 Å². The number of aryl methyl sites for hydroxylation is 3. The summed E-state index contributed by atoms with van der Waals surface area (Å²) in [6.45, 7) is 9.02. The molecule has 2 N–H and O–H groups in total. The fraction of sp³-hybridized carbons (Fsp3) is 0.500. The summed E-state index contributed by atoms with van der Waals surface area (Å²) in [4.78, 5) is 33.8. The number of rotatable bonds is 8. The summed E-state index contributed by atoms with van der Waals surface area (Å²) >= 11 is 0. The van der Waals surface area contributed by atoms with E-state index in [1.807, 2.05) is 52.2 Å². The van der Waals surface area contributed by atoms with Gasteiger partial charge in [0, 0.05) is 66.5 Å². The number of hydrogen-bond acceptors (Lipinski definition) is 5. The predicted molar refractivity (Wildman–Crippen MR) is 154 cm³/mol. The van der Waals surface area contributed by atoms with Gasteiger partial charge in [0.15, 0.2) is 0 Å². The Morgan fingerprint density at radius 2 is 1.79 bits per heavy atom. The molecule has 2 aromatic heterocycles. The van der Waals surface area contributed by atoms with E-state index in [1.54, 1.807) is 4.68 Å². The first-order valence-electron chi connectivity index (χ1n) is 13.6. The predicted octanol–water partition coefficient (Wildman–Crippen LogP) is 4.33. The average Bonchev–Trinajstić information content (AvgIpc) is 3.31. The Balaban J connectivity index is 1.68. The van der Waals surface area contributed by atoms with Gasteiger partial charge in [0.2, 0.25) is 0 Å². The van der Waals surface area contributed by atoms with Crippen LogP contribution in [0.25, 0.3) is 11.3 Å². The highest BCUT2D eigenvalue weighted by Gasteiger charge is 2.28. The molecule has 1 amide bonds. The van der Waals surface area contributed by atoms with E-state index in [-0.39, 0.29) is 18.0 Å². The number of H-pyrrole nitrogens is 1. The average molecular weight is 519 g/mol. The molecule has 0 spiro atoms. The van der Waals surface area contributed by atoms with Crippen molar-refractivity contribution < 1.29 is 4.79 Å². The summed E-state index contributed by atoms with van der Waals surface area (Å²) < 4.78 is 1.78. The Labute approximate surface area is 226 Å². The Morgan fingerprint density at radius 1 is 1.11 bits per heavy atom. The zero-order valence-corrected chi connectivity index (χ0v) is 23.9. The van der Waals surface area contributed by atoms with Crippen LogP contribution >= 0.6 is 0 Å². The topological polar surface area (TPSA) is 86.3 Å². The summed E-state index contributed by atoms with van der Waals surface area (Å²) in [6.07, 6.45) is 6.51. The van der Waals surface area contributed by atoms with Crippen molar-refractivity contribution in [2.75, 3.05) is 25.5 Å². The number of pyridine rings is 1. The Kier molecular flexibility index (Phi) is 8.41. The minimum Gasteiger partial charge on any atom is -0.369 e. The van der Waals surface area contributed by atoms with Crippen molar-refractivity contribution in [1.29, 1.82) is 0 Å². The van der Waals surface area contributed by atoms with Crippen LogP contribution in [0.1, 0.15) is 65.3 Å². The van der Waals surface area contributed by atoms with Gasteiger partial charge in [-0.3, -0.25) is 14.3 Å². The van der Waals surface area contributed by atoms with Crippen molar-refractivity contribution in [3.05, 3.63) is 68.8 Å². The standard InChI is InChI=1S/C30H42N6O2/c1-8-36(24-11-9-23(10-12-24)34(5)6)28-17-22(27-13-14-35(7)33-27)16-25(21(28)4)29(37)31-18-26-19(2)15-20(3)32-30(26)38/h13-17,23-24H,8-12,18H2,1-7H3,(H,31,37)(H,32,38)/t23-,24-. The van der Waals surface area contributed by atoms with E-state index in [0.29, 0.717) is 23.2 Å². The maximum Gasteiger partial charge on any atom is 0.253 e. The van der Waals surface area contributed by atoms with Gasteiger partial charge in [-0.25, -0.2) is 0 Å². The minimum atomic E-state index is -0.187. The van der Waals surface area contributed by atoms with Crippen LogP contribution < -0.4 is 15.8 Å². The van der Waals surface area contributed by atoms with E-state index in [0.717, 1.165) is 53.2 Å². The first-order valence-corrected chi connectivity index (χ1v) is 13.6. The number of nitrogens with one attached hydrogen (secondary N) is 2. The zero-order chi connectivity index (χ0) is 27.6. The number of carbonyl (C=O) groups excluding carboxylic acids is 1. The molecule has 3 aromatic rings. The van der Waals surface area contributed by atoms with Crippen LogP contribution in [0, 0.1) is 20.8 Å². The van der Waals surface area contributed by atoms with Gasteiger partial charge in [-0.1, -0.05) is 0 Å². The Bertz CT molecular complexity index is 1350. The van der Waals surface area contributed by atoms with Crippen molar-refractivity contribution in [1.82, 2.24) is 25.0 Å². The zero-order valence-electron chi connectivity index (χ0n) is 23.9. The molecule has 0 unspecified atom stereocenters. The van der Waals surface area contributed by atoms with Crippen LogP contribution in [0.2, 0.25) is 0 Å². The van der Waals surface area contributed by atoms with E-state index >= 15 is 0 Å². The van der Waals surface area contributed by atoms with Crippen LogP contribution in [0.3, 0.4) is 0 Å².